The van der Waals surface area contributed by atoms with Gasteiger partial charge in [-0.2, -0.15) is 0 Å². The summed E-state index contributed by atoms with van der Waals surface area (Å²) < 4.78 is 0. The zero-order valence-electron chi connectivity index (χ0n) is 9.47. The molecule has 1 N–H and O–H groups in total. The Kier molecular flexibility index (Phi) is 3.82. The maximum Gasteiger partial charge on any atom is 0.00922 e. The third kappa shape index (κ3) is 2.71. The summed E-state index contributed by atoms with van der Waals surface area (Å²) in [6, 6.07) is 0.928. The van der Waals surface area contributed by atoms with Gasteiger partial charge in [-0.15, -0.1) is 0 Å². The first kappa shape index (κ1) is 10.4. The second-order valence-electron chi connectivity index (χ2n) is 5.05. The molecule has 1 heterocycles. The van der Waals surface area contributed by atoms with E-state index >= 15 is 0 Å². The van der Waals surface area contributed by atoms with E-state index in [4.69, 9.17) is 0 Å². The molecular weight excluding hydrogens is 172 g/mol. The topological polar surface area (TPSA) is 15.3 Å². The van der Waals surface area contributed by atoms with E-state index in [1.54, 1.807) is 0 Å². The van der Waals surface area contributed by atoms with E-state index in [0.29, 0.717) is 0 Å². The van der Waals surface area contributed by atoms with Crippen LogP contribution in [-0.2, 0) is 0 Å². The van der Waals surface area contributed by atoms with Crippen molar-refractivity contribution in [2.75, 3.05) is 26.7 Å². The fourth-order valence-electron chi connectivity index (χ4n) is 2.57. The highest BCUT2D eigenvalue weighted by molar-refractivity contribution is 4.79. The molecule has 0 bridgehead atoms. The van der Waals surface area contributed by atoms with Crippen molar-refractivity contribution in [3.8, 4) is 0 Å². The zero-order chi connectivity index (χ0) is 9.80. The van der Waals surface area contributed by atoms with Crippen LogP contribution in [0, 0.1) is 5.92 Å². The number of piperidine rings is 1. The third-order valence-corrected chi connectivity index (χ3v) is 4.05. The van der Waals surface area contributed by atoms with Crippen molar-refractivity contribution in [3.63, 3.8) is 0 Å². The molecule has 2 rings (SSSR count). The van der Waals surface area contributed by atoms with E-state index in [-0.39, 0.29) is 0 Å². The molecule has 0 unspecified atom stereocenters. The van der Waals surface area contributed by atoms with Crippen LogP contribution in [0.4, 0.5) is 0 Å². The number of hydrogen-bond donors (Lipinski definition) is 1. The average molecular weight is 196 g/mol. The second-order valence-corrected chi connectivity index (χ2v) is 5.05. The lowest BCUT2D eigenvalue weighted by molar-refractivity contribution is 0.146. The molecule has 82 valence electrons. The van der Waals surface area contributed by atoms with Gasteiger partial charge in [0.15, 0.2) is 0 Å². The summed E-state index contributed by atoms with van der Waals surface area (Å²) in [4.78, 5) is 2.59. The van der Waals surface area contributed by atoms with Crippen LogP contribution >= 0.6 is 0 Å². The normalized spacial score (nSPS) is 25.3. The molecule has 0 amide bonds. The Hall–Kier alpha value is -0.0800. The lowest BCUT2D eigenvalue weighted by atomic mass is 9.90. The predicted molar refractivity (Wildman–Crippen MR) is 60.5 cm³/mol. The lowest BCUT2D eigenvalue weighted by Gasteiger charge is -2.36. The van der Waals surface area contributed by atoms with Crippen LogP contribution in [0.25, 0.3) is 0 Å². The maximum absolute atomic E-state index is 3.43. The minimum absolute atomic E-state index is 0.928. The van der Waals surface area contributed by atoms with Crippen LogP contribution in [0.1, 0.15) is 38.5 Å². The van der Waals surface area contributed by atoms with Crippen LogP contribution in [-0.4, -0.2) is 37.6 Å². The summed E-state index contributed by atoms with van der Waals surface area (Å²) in [7, 11) is 2.31. The highest BCUT2D eigenvalue weighted by Crippen LogP contribution is 2.25. The maximum atomic E-state index is 3.43. The second kappa shape index (κ2) is 5.13. The Labute approximate surface area is 88.1 Å². The molecule has 2 heteroatoms. The van der Waals surface area contributed by atoms with Crippen molar-refractivity contribution in [1.29, 1.82) is 0 Å². The molecule has 1 aliphatic heterocycles. The average Bonchev–Trinajstić information content (AvgIpc) is 2.14. The number of nitrogens with one attached hydrogen (secondary N) is 1. The molecule has 0 spiro atoms. The number of rotatable bonds is 4. The Morgan fingerprint density at radius 1 is 1.14 bits per heavy atom. The molecule has 0 atom stereocenters. The first-order chi connectivity index (χ1) is 6.86. The fourth-order valence-corrected chi connectivity index (χ4v) is 2.57. The van der Waals surface area contributed by atoms with Crippen molar-refractivity contribution >= 4 is 0 Å². The lowest BCUT2D eigenvalue weighted by Crippen LogP contribution is -2.39. The molecule has 14 heavy (non-hydrogen) atoms. The van der Waals surface area contributed by atoms with Gasteiger partial charge in [0.25, 0.3) is 0 Å². The molecule has 0 aromatic rings. The first-order valence-electron chi connectivity index (χ1n) is 6.27. The Balaban J connectivity index is 1.60. The number of hydrogen-bond acceptors (Lipinski definition) is 2. The van der Waals surface area contributed by atoms with Crippen LogP contribution in [0.2, 0.25) is 0 Å². The van der Waals surface area contributed by atoms with E-state index in [0.717, 1.165) is 12.0 Å². The minimum Gasteiger partial charge on any atom is -0.317 e. The van der Waals surface area contributed by atoms with Crippen molar-refractivity contribution < 1.29 is 0 Å². The van der Waals surface area contributed by atoms with E-state index in [2.05, 4.69) is 17.3 Å². The Bertz CT molecular complexity index is 158. The van der Waals surface area contributed by atoms with Gasteiger partial charge in [-0.05, 0) is 64.7 Å². The quantitative estimate of drug-likeness (QED) is 0.738. The largest absolute Gasteiger partial charge is 0.317 e. The summed E-state index contributed by atoms with van der Waals surface area (Å²) in [6.45, 7) is 3.82. The minimum atomic E-state index is 0.928. The molecule has 2 fully saturated rings. The van der Waals surface area contributed by atoms with Gasteiger partial charge in [-0.25, -0.2) is 0 Å². The molecule has 1 aliphatic carbocycles. The smallest absolute Gasteiger partial charge is 0.00922 e. The van der Waals surface area contributed by atoms with Crippen LogP contribution in [0.15, 0.2) is 0 Å². The Morgan fingerprint density at radius 3 is 2.43 bits per heavy atom. The van der Waals surface area contributed by atoms with Crippen molar-refractivity contribution in [1.82, 2.24) is 10.2 Å². The number of nitrogens with zero attached hydrogens (tertiary/aromatic N) is 1. The fraction of sp³-hybridized carbons (Fsp3) is 1.00. The summed E-state index contributed by atoms with van der Waals surface area (Å²) in [5.74, 6) is 0.999. The van der Waals surface area contributed by atoms with Gasteiger partial charge in [0.05, 0.1) is 0 Å². The predicted octanol–water partition coefficient (Wildman–Crippen LogP) is 1.86. The van der Waals surface area contributed by atoms with Crippen molar-refractivity contribution in [2.45, 2.75) is 44.6 Å². The molecule has 0 aromatic heterocycles. The van der Waals surface area contributed by atoms with Crippen LogP contribution in [0.5, 0.6) is 0 Å². The SMILES string of the molecule is CN(CCC1CCNCC1)C1CCC1. The first-order valence-corrected chi connectivity index (χ1v) is 6.27. The highest BCUT2D eigenvalue weighted by atomic mass is 15.1. The summed E-state index contributed by atoms with van der Waals surface area (Å²) >= 11 is 0. The van der Waals surface area contributed by atoms with E-state index in [9.17, 15) is 0 Å². The zero-order valence-corrected chi connectivity index (χ0v) is 9.47. The van der Waals surface area contributed by atoms with Crippen molar-refractivity contribution in [2.24, 2.45) is 5.92 Å². The van der Waals surface area contributed by atoms with Crippen molar-refractivity contribution in [3.05, 3.63) is 0 Å². The van der Waals surface area contributed by atoms with E-state index < -0.39 is 0 Å². The summed E-state index contributed by atoms with van der Waals surface area (Å²) in [5, 5.41) is 3.43. The van der Waals surface area contributed by atoms with Gasteiger partial charge in [0, 0.05) is 6.04 Å². The molecule has 2 aliphatic rings. The van der Waals surface area contributed by atoms with E-state index in [1.807, 2.05) is 0 Å². The van der Waals surface area contributed by atoms with Gasteiger partial charge in [0.2, 0.25) is 0 Å². The van der Waals surface area contributed by atoms with Crippen LogP contribution in [0.3, 0.4) is 0 Å². The van der Waals surface area contributed by atoms with Gasteiger partial charge in [-0.1, -0.05) is 6.42 Å². The summed E-state index contributed by atoms with van der Waals surface area (Å²) in [5.41, 5.74) is 0. The summed E-state index contributed by atoms with van der Waals surface area (Å²) in [6.07, 6.45) is 8.58. The molecular formula is C12H24N2. The molecule has 2 nitrogen and oxygen atoms in total. The van der Waals surface area contributed by atoms with Gasteiger partial charge < -0.3 is 10.2 Å². The highest BCUT2D eigenvalue weighted by Gasteiger charge is 2.22. The molecule has 1 saturated carbocycles. The van der Waals surface area contributed by atoms with Gasteiger partial charge >= 0.3 is 0 Å². The monoisotopic (exact) mass is 196 g/mol. The molecule has 0 aromatic carbocycles. The van der Waals surface area contributed by atoms with E-state index in [1.165, 1.54) is 58.2 Å². The van der Waals surface area contributed by atoms with Gasteiger partial charge in [-0.3, -0.25) is 0 Å². The standard InChI is InChI=1S/C12H24N2/c1-14(12-3-2-4-12)10-7-11-5-8-13-9-6-11/h11-13H,2-10H2,1H3. The molecule has 1 saturated heterocycles. The third-order valence-electron chi connectivity index (χ3n) is 4.05. The Morgan fingerprint density at radius 2 is 1.86 bits per heavy atom. The van der Waals surface area contributed by atoms with Crippen LogP contribution < -0.4 is 5.32 Å². The van der Waals surface area contributed by atoms with Gasteiger partial charge in [0.1, 0.15) is 0 Å². The molecule has 0 radical (unpaired) electrons.